The Hall–Kier alpha value is -3.07. The van der Waals surface area contributed by atoms with Gasteiger partial charge in [0, 0.05) is 30.9 Å². The van der Waals surface area contributed by atoms with E-state index in [1.54, 1.807) is 12.1 Å². The third-order valence-electron chi connectivity index (χ3n) is 6.01. The van der Waals surface area contributed by atoms with Gasteiger partial charge in [0.05, 0.1) is 23.2 Å². The Balaban J connectivity index is 1.46. The lowest BCUT2D eigenvalue weighted by Crippen LogP contribution is -2.26. The molecule has 2 fully saturated rings. The molecule has 9 heteroatoms. The molecule has 32 heavy (non-hydrogen) atoms. The summed E-state index contributed by atoms with van der Waals surface area (Å²) in [4.78, 5) is 16.9. The zero-order valence-electron chi connectivity index (χ0n) is 17.5. The van der Waals surface area contributed by atoms with Crippen molar-refractivity contribution in [3.05, 3.63) is 47.8 Å². The fraction of sp³-hybridized carbons (Fsp3) is 0.435. The largest absolute Gasteiger partial charge is 0.490 e. The van der Waals surface area contributed by atoms with E-state index in [-0.39, 0.29) is 23.7 Å². The number of pyridine rings is 1. The van der Waals surface area contributed by atoms with Crippen LogP contribution in [0.25, 0.3) is 10.9 Å². The van der Waals surface area contributed by atoms with Crippen LogP contribution in [-0.4, -0.2) is 40.0 Å². The summed E-state index contributed by atoms with van der Waals surface area (Å²) in [6, 6.07) is 7.95. The van der Waals surface area contributed by atoms with Crippen LogP contribution in [-0.2, 0) is 4.74 Å². The Morgan fingerprint density at radius 1 is 1.19 bits per heavy atom. The topological polar surface area (TPSA) is 78.3 Å². The SMILES string of the molecule is O=C(Nc1cccc(C(F)F)n1)c1cc2cn(C3CCOCC3)nc2cc1OC1CCC1. The molecule has 1 N–H and O–H groups in total. The molecule has 0 unspecified atom stereocenters. The van der Waals surface area contributed by atoms with E-state index in [1.807, 2.05) is 10.9 Å². The van der Waals surface area contributed by atoms with Gasteiger partial charge in [-0.25, -0.2) is 13.8 Å². The van der Waals surface area contributed by atoms with Crippen molar-refractivity contribution < 1.29 is 23.0 Å². The van der Waals surface area contributed by atoms with Crippen molar-refractivity contribution in [3.8, 4) is 5.75 Å². The first-order valence-corrected chi connectivity index (χ1v) is 10.9. The van der Waals surface area contributed by atoms with Crippen molar-refractivity contribution in [3.63, 3.8) is 0 Å². The highest BCUT2D eigenvalue weighted by Crippen LogP contribution is 2.32. The first kappa shape index (κ1) is 20.8. The number of benzene rings is 1. The molecule has 3 aromatic rings. The van der Waals surface area contributed by atoms with Gasteiger partial charge in [-0.2, -0.15) is 5.10 Å². The Kier molecular flexibility index (Phi) is 5.73. The number of nitrogens with one attached hydrogen (secondary N) is 1. The number of rotatable bonds is 6. The minimum atomic E-state index is -2.71. The summed E-state index contributed by atoms with van der Waals surface area (Å²) in [5, 5.41) is 8.16. The van der Waals surface area contributed by atoms with Crippen LogP contribution in [0, 0.1) is 0 Å². The first-order chi connectivity index (χ1) is 15.6. The van der Waals surface area contributed by atoms with Gasteiger partial charge in [-0.05, 0) is 50.3 Å². The fourth-order valence-corrected chi connectivity index (χ4v) is 3.98. The van der Waals surface area contributed by atoms with E-state index >= 15 is 0 Å². The fourth-order valence-electron chi connectivity index (χ4n) is 3.98. The van der Waals surface area contributed by atoms with Gasteiger partial charge in [0.2, 0.25) is 0 Å². The first-order valence-electron chi connectivity index (χ1n) is 10.9. The molecule has 7 nitrogen and oxygen atoms in total. The molecule has 1 aliphatic heterocycles. The summed E-state index contributed by atoms with van der Waals surface area (Å²) in [6.07, 6.45) is 4.04. The second-order valence-corrected chi connectivity index (χ2v) is 8.23. The van der Waals surface area contributed by atoms with Crippen LogP contribution in [0.3, 0.4) is 0 Å². The molecular weight excluding hydrogens is 418 g/mol. The van der Waals surface area contributed by atoms with E-state index in [2.05, 4.69) is 10.3 Å². The average molecular weight is 442 g/mol. The van der Waals surface area contributed by atoms with Gasteiger partial charge >= 0.3 is 0 Å². The molecule has 2 aromatic heterocycles. The minimum Gasteiger partial charge on any atom is -0.490 e. The van der Waals surface area contributed by atoms with Crippen LogP contribution in [0.4, 0.5) is 14.6 Å². The van der Waals surface area contributed by atoms with Crippen LogP contribution >= 0.6 is 0 Å². The number of alkyl halides is 2. The maximum Gasteiger partial charge on any atom is 0.280 e. The lowest BCUT2D eigenvalue weighted by atomic mass is 9.96. The Morgan fingerprint density at radius 2 is 2.00 bits per heavy atom. The number of anilines is 1. The second-order valence-electron chi connectivity index (χ2n) is 8.23. The summed E-state index contributed by atoms with van der Waals surface area (Å²) in [6.45, 7) is 1.41. The lowest BCUT2D eigenvalue weighted by molar-refractivity contribution is 0.0664. The number of aromatic nitrogens is 3. The minimum absolute atomic E-state index is 0.0665. The molecule has 0 radical (unpaired) electrons. The molecule has 1 amide bonds. The predicted octanol–water partition coefficient (Wildman–Crippen LogP) is 4.90. The van der Waals surface area contributed by atoms with Gasteiger partial charge in [0.15, 0.2) is 0 Å². The van der Waals surface area contributed by atoms with Gasteiger partial charge in [-0.3, -0.25) is 9.48 Å². The van der Waals surface area contributed by atoms with Gasteiger partial charge in [-0.1, -0.05) is 6.07 Å². The number of hydrogen-bond acceptors (Lipinski definition) is 5. The maximum atomic E-state index is 13.1. The molecule has 5 rings (SSSR count). The summed E-state index contributed by atoms with van der Waals surface area (Å²) < 4.78 is 39.4. The zero-order chi connectivity index (χ0) is 22.1. The van der Waals surface area contributed by atoms with Crippen LogP contribution in [0.5, 0.6) is 5.75 Å². The molecule has 3 heterocycles. The van der Waals surface area contributed by atoms with Crippen LogP contribution in [0.2, 0.25) is 0 Å². The molecule has 0 spiro atoms. The summed E-state index contributed by atoms with van der Waals surface area (Å²) in [7, 11) is 0. The molecule has 168 valence electrons. The number of carbonyl (C=O) groups excluding carboxylic acids is 1. The van der Waals surface area contributed by atoms with Crippen molar-refractivity contribution in [1.29, 1.82) is 0 Å². The number of hydrogen-bond donors (Lipinski definition) is 1. The Morgan fingerprint density at radius 3 is 2.72 bits per heavy atom. The van der Waals surface area contributed by atoms with Gasteiger partial charge in [0.25, 0.3) is 12.3 Å². The van der Waals surface area contributed by atoms with E-state index in [0.29, 0.717) is 24.5 Å². The quantitative estimate of drug-likeness (QED) is 0.587. The third-order valence-corrected chi connectivity index (χ3v) is 6.01. The summed E-state index contributed by atoms with van der Waals surface area (Å²) in [5.41, 5.74) is 0.697. The molecule has 1 aliphatic carbocycles. The number of fused-ring (bicyclic) bond motifs is 1. The van der Waals surface area contributed by atoms with Crippen LogP contribution in [0.15, 0.2) is 36.5 Å². The average Bonchev–Trinajstić information content (AvgIpc) is 3.19. The molecule has 0 bridgehead atoms. The van der Waals surface area contributed by atoms with E-state index in [4.69, 9.17) is 14.6 Å². The van der Waals surface area contributed by atoms with E-state index in [1.165, 1.54) is 18.2 Å². The van der Waals surface area contributed by atoms with Crippen molar-refractivity contribution in [2.45, 2.75) is 50.7 Å². The zero-order valence-corrected chi connectivity index (χ0v) is 17.5. The number of amides is 1. The van der Waals surface area contributed by atoms with Gasteiger partial charge in [-0.15, -0.1) is 0 Å². The highest BCUT2D eigenvalue weighted by molar-refractivity contribution is 6.08. The van der Waals surface area contributed by atoms with Crippen LogP contribution < -0.4 is 10.1 Å². The highest BCUT2D eigenvalue weighted by atomic mass is 19.3. The predicted molar refractivity (Wildman–Crippen MR) is 114 cm³/mol. The van der Waals surface area contributed by atoms with E-state index in [9.17, 15) is 13.6 Å². The molecule has 1 saturated carbocycles. The monoisotopic (exact) mass is 442 g/mol. The van der Waals surface area contributed by atoms with Crippen molar-refractivity contribution in [2.24, 2.45) is 0 Å². The number of carbonyl (C=O) groups is 1. The van der Waals surface area contributed by atoms with E-state index < -0.39 is 12.3 Å². The van der Waals surface area contributed by atoms with Gasteiger partial charge in [0.1, 0.15) is 17.3 Å². The van der Waals surface area contributed by atoms with E-state index in [0.717, 1.165) is 43.0 Å². The molecule has 1 aromatic carbocycles. The van der Waals surface area contributed by atoms with Crippen molar-refractivity contribution in [1.82, 2.24) is 14.8 Å². The molecule has 2 aliphatic rings. The normalized spacial score (nSPS) is 17.5. The van der Waals surface area contributed by atoms with Crippen molar-refractivity contribution >= 4 is 22.6 Å². The molecule has 0 atom stereocenters. The Labute approximate surface area is 183 Å². The number of halogens is 2. The Bertz CT molecular complexity index is 1120. The summed E-state index contributed by atoms with van der Waals surface area (Å²) in [5.74, 6) is 0.0567. The second kappa shape index (κ2) is 8.82. The highest BCUT2D eigenvalue weighted by Gasteiger charge is 2.25. The third kappa shape index (κ3) is 4.29. The number of ether oxygens (including phenoxy) is 2. The molecule has 1 saturated heterocycles. The lowest BCUT2D eigenvalue weighted by Gasteiger charge is -2.27. The standard InChI is InChI=1S/C23H24F2N4O3/c24-22(25)18-5-2-6-21(26-18)27-23(30)17-11-14-13-29(15-7-9-31-10-8-15)28-19(14)12-20(17)32-16-3-1-4-16/h2,5-6,11-13,15-16,22H,1,3-4,7-10H2,(H,26,27,30). The summed E-state index contributed by atoms with van der Waals surface area (Å²) >= 11 is 0. The number of nitrogens with zero attached hydrogens (tertiary/aromatic N) is 3. The smallest absolute Gasteiger partial charge is 0.280 e. The molecular formula is C23H24F2N4O3. The van der Waals surface area contributed by atoms with Crippen LogP contribution in [0.1, 0.15) is 60.6 Å². The van der Waals surface area contributed by atoms with Gasteiger partial charge < -0.3 is 14.8 Å². The van der Waals surface area contributed by atoms with Crippen molar-refractivity contribution in [2.75, 3.05) is 18.5 Å². The maximum absolute atomic E-state index is 13.1.